The molecule has 0 radical (unpaired) electrons. The number of rotatable bonds is 6. The third-order valence-electron chi connectivity index (χ3n) is 3.01. The van der Waals surface area contributed by atoms with E-state index in [-0.39, 0.29) is 12.6 Å². The van der Waals surface area contributed by atoms with Crippen molar-refractivity contribution in [3.63, 3.8) is 0 Å². The van der Waals surface area contributed by atoms with E-state index < -0.39 is 0 Å². The molecule has 0 aliphatic heterocycles. The maximum atomic E-state index is 9.24. The van der Waals surface area contributed by atoms with Gasteiger partial charge in [-0.1, -0.05) is 30.3 Å². The van der Waals surface area contributed by atoms with Crippen molar-refractivity contribution in [3.8, 4) is 0 Å². The van der Waals surface area contributed by atoms with Crippen LogP contribution in [0.3, 0.4) is 0 Å². The van der Waals surface area contributed by atoms with E-state index in [1.165, 1.54) is 10.4 Å². The molecule has 1 unspecified atom stereocenters. The molecule has 4 heteroatoms. The zero-order valence-electron chi connectivity index (χ0n) is 10.5. The lowest BCUT2D eigenvalue weighted by atomic mass is 10.0. The van der Waals surface area contributed by atoms with Gasteiger partial charge in [0.2, 0.25) is 0 Å². The average Bonchev–Trinajstić information content (AvgIpc) is 2.89. The highest BCUT2D eigenvalue weighted by Gasteiger charge is 2.16. The van der Waals surface area contributed by atoms with Gasteiger partial charge in [-0.2, -0.15) is 0 Å². The lowest BCUT2D eigenvalue weighted by Gasteiger charge is -2.27. The van der Waals surface area contributed by atoms with Crippen LogP contribution in [0.25, 0.3) is 0 Å². The molecule has 0 spiro atoms. The summed E-state index contributed by atoms with van der Waals surface area (Å²) in [6.45, 7) is 1.07. The molecule has 0 bridgehead atoms. The average molecular weight is 262 g/mol. The van der Waals surface area contributed by atoms with E-state index in [1.54, 1.807) is 11.3 Å². The van der Waals surface area contributed by atoms with Gasteiger partial charge in [-0.25, -0.2) is 0 Å². The van der Waals surface area contributed by atoms with Crippen molar-refractivity contribution in [2.75, 3.05) is 13.7 Å². The molecular formula is C14H18N2OS. The van der Waals surface area contributed by atoms with Gasteiger partial charge in [0.25, 0.3) is 0 Å². The number of aliphatic hydroxyl groups excluding tert-OH is 1. The fourth-order valence-corrected chi connectivity index (χ4v) is 2.77. The van der Waals surface area contributed by atoms with Crippen LogP contribution < -0.4 is 0 Å². The number of aliphatic hydroxyl groups is 1. The van der Waals surface area contributed by atoms with Crippen LogP contribution in [0.1, 0.15) is 22.9 Å². The van der Waals surface area contributed by atoms with E-state index >= 15 is 0 Å². The summed E-state index contributed by atoms with van der Waals surface area (Å²) in [6, 6.07) is 10.6. The summed E-state index contributed by atoms with van der Waals surface area (Å²) < 4.78 is 0. The van der Waals surface area contributed by atoms with Crippen LogP contribution in [0.15, 0.2) is 42.0 Å². The first kappa shape index (κ1) is 13.2. The third kappa shape index (κ3) is 3.38. The highest BCUT2D eigenvalue weighted by molar-refractivity contribution is 7.09. The minimum atomic E-state index is 0.201. The van der Waals surface area contributed by atoms with Crippen molar-refractivity contribution >= 4 is 11.3 Å². The van der Waals surface area contributed by atoms with Gasteiger partial charge in [-0.05, 0) is 19.0 Å². The smallest absolute Gasteiger partial charge is 0.0794 e. The first-order valence-electron chi connectivity index (χ1n) is 6.04. The quantitative estimate of drug-likeness (QED) is 0.869. The van der Waals surface area contributed by atoms with E-state index in [4.69, 9.17) is 0 Å². The van der Waals surface area contributed by atoms with Crippen LogP contribution in [-0.4, -0.2) is 28.6 Å². The minimum Gasteiger partial charge on any atom is -0.396 e. The maximum absolute atomic E-state index is 9.24. The van der Waals surface area contributed by atoms with Crippen molar-refractivity contribution in [2.24, 2.45) is 0 Å². The number of thiazole rings is 1. The fourth-order valence-electron chi connectivity index (χ4n) is 2.12. The molecule has 3 nitrogen and oxygen atoms in total. The highest BCUT2D eigenvalue weighted by atomic mass is 32.1. The SMILES string of the molecule is CN(Cc1cncs1)C(CCO)c1ccccc1. The molecule has 1 aromatic heterocycles. The van der Waals surface area contributed by atoms with E-state index in [0.29, 0.717) is 0 Å². The van der Waals surface area contributed by atoms with E-state index in [9.17, 15) is 5.11 Å². The molecule has 1 N–H and O–H groups in total. The molecule has 0 saturated heterocycles. The van der Waals surface area contributed by atoms with Gasteiger partial charge in [0, 0.05) is 30.3 Å². The Morgan fingerprint density at radius 3 is 2.72 bits per heavy atom. The van der Waals surface area contributed by atoms with Crippen LogP contribution in [-0.2, 0) is 6.54 Å². The Balaban J connectivity index is 2.09. The topological polar surface area (TPSA) is 36.4 Å². The van der Waals surface area contributed by atoms with Gasteiger partial charge >= 0.3 is 0 Å². The van der Waals surface area contributed by atoms with Crippen LogP contribution in [0, 0.1) is 0 Å². The lowest BCUT2D eigenvalue weighted by molar-refractivity contribution is 0.181. The molecule has 0 fully saturated rings. The predicted octanol–water partition coefficient (Wildman–Crippen LogP) is 2.70. The molecule has 1 atom stereocenters. The van der Waals surface area contributed by atoms with Gasteiger partial charge in [0.1, 0.15) is 0 Å². The molecular weight excluding hydrogens is 244 g/mol. The number of hydrogen-bond acceptors (Lipinski definition) is 4. The summed E-state index contributed by atoms with van der Waals surface area (Å²) in [4.78, 5) is 7.61. The van der Waals surface area contributed by atoms with Crippen molar-refractivity contribution in [3.05, 3.63) is 52.5 Å². The molecule has 0 aliphatic carbocycles. The molecule has 0 saturated carbocycles. The number of hydrogen-bond donors (Lipinski definition) is 1. The van der Waals surface area contributed by atoms with Gasteiger partial charge in [-0.15, -0.1) is 11.3 Å². The second-order valence-corrected chi connectivity index (χ2v) is 5.29. The van der Waals surface area contributed by atoms with E-state index in [0.717, 1.165) is 13.0 Å². The van der Waals surface area contributed by atoms with E-state index in [1.807, 2.05) is 29.9 Å². The normalized spacial score (nSPS) is 12.8. The largest absolute Gasteiger partial charge is 0.396 e. The molecule has 2 rings (SSSR count). The summed E-state index contributed by atoms with van der Waals surface area (Å²) in [7, 11) is 2.09. The van der Waals surface area contributed by atoms with Gasteiger partial charge in [0.15, 0.2) is 0 Å². The van der Waals surface area contributed by atoms with Gasteiger partial charge < -0.3 is 5.11 Å². The monoisotopic (exact) mass is 262 g/mol. The van der Waals surface area contributed by atoms with Gasteiger partial charge in [0.05, 0.1) is 5.51 Å². The zero-order valence-corrected chi connectivity index (χ0v) is 11.3. The molecule has 1 aromatic carbocycles. The van der Waals surface area contributed by atoms with Gasteiger partial charge in [-0.3, -0.25) is 9.88 Å². The molecule has 96 valence electrons. The molecule has 0 amide bonds. The van der Waals surface area contributed by atoms with E-state index in [2.05, 4.69) is 29.1 Å². The third-order valence-corrected chi connectivity index (χ3v) is 3.77. The van der Waals surface area contributed by atoms with Crippen molar-refractivity contribution in [1.29, 1.82) is 0 Å². The fraction of sp³-hybridized carbons (Fsp3) is 0.357. The van der Waals surface area contributed by atoms with Crippen LogP contribution >= 0.6 is 11.3 Å². The Hall–Kier alpha value is -1.23. The molecule has 0 aliphatic rings. The Kier molecular flexibility index (Phi) is 4.87. The number of benzene rings is 1. The van der Waals surface area contributed by atoms with Crippen LogP contribution in [0.2, 0.25) is 0 Å². The second-order valence-electron chi connectivity index (χ2n) is 4.32. The number of aromatic nitrogens is 1. The Morgan fingerprint density at radius 1 is 1.33 bits per heavy atom. The van der Waals surface area contributed by atoms with Crippen molar-refractivity contribution in [2.45, 2.75) is 19.0 Å². The summed E-state index contributed by atoms with van der Waals surface area (Å²) in [5.74, 6) is 0. The molecule has 1 heterocycles. The summed E-state index contributed by atoms with van der Waals surface area (Å²) in [5, 5.41) is 9.24. The lowest BCUT2D eigenvalue weighted by Crippen LogP contribution is -2.24. The van der Waals surface area contributed by atoms with Crippen LogP contribution in [0.5, 0.6) is 0 Å². The Bertz CT molecular complexity index is 444. The first-order valence-corrected chi connectivity index (χ1v) is 6.92. The molecule has 2 aromatic rings. The highest BCUT2D eigenvalue weighted by Crippen LogP contribution is 2.24. The second kappa shape index (κ2) is 6.64. The maximum Gasteiger partial charge on any atom is 0.0794 e. The standard InChI is InChI=1S/C14H18N2OS/c1-16(10-13-9-15-11-18-13)14(7-8-17)12-5-3-2-4-6-12/h2-6,9,11,14,17H,7-8,10H2,1H3. The minimum absolute atomic E-state index is 0.201. The predicted molar refractivity (Wildman–Crippen MR) is 74.5 cm³/mol. The zero-order chi connectivity index (χ0) is 12.8. The van der Waals surface area contributed by atoms with Crippen molar-refractivity contribution in [1.82, 2.24) is 9.88 Å². The summed E-state index contributed by atoms with van der Waals surface area (Å²) in [6.07, 6.45) is 2.65. The number of nitrogens with zero attached hydrogens (tertiary/aromatic N) is 2. The summed E-state index contributed by atoms with van der Waals surface area (Å²) in [5.41, 5.74) is 3.10. The first-order chi connectivity index (χ1) is 8.81. The van der Waals surface area contributed by atoms with Crippen molar-refractivity contribution < 1.29 is 5.11 Å². The summed E-state index contributed by atoms with van der Waals surface area (Å²) >= 11 is 1.67. The Morgan fingerprint density at radius 2 is 2.11 bits per heavy atom. The molecule has 18 heavy (non-hydrogen) atoms. The Labute approximate surface area is 112 Å². The van der Waals surface area contributed by atoms with Crippen LogP contribution in [0.4, 0.5) is 0 Å².